The van der Waals surface area contributed by atoms with Crippen molar-refractivity contribution >= 4 is 29.6 Å². The van der Waals surface area contributed by atoms with Crippen LogP contribution in [0.5, 0.6) is 5.75 Å². The van der Waals surface area contributed by atoms with Crippen molar-refractivity contribution in [1.29, 1.82) is 0 Å². The third-order valence-corrected chi connectivity index (χ3v) is 6.45. The first-order valence-electron chi connectivity index (χ1n) is 8.11. The summed E-state index contributed by atoms with van der Waals surface area (Å²) in [7, 11) is 0.679. The number of benzene rings is 1. The van der Waals surface area contributed by atoms with E-state index in [1.54, 1.807) is 18.4 Å². The van der Waals surface area contributed by atoms with Gasteiger partial charge in [-0.3, -0.25) is 0 Å². The fraction of sp³-hybridized carbons (Fsp3) is 0.389. The molecule has 0 atom stereocenters. The van der Waals surface area contributed by atoms with Gasteiger partial charge in [0.25, 0.3) is 0 Å². The van der Waals surface area contributed by atoms with E-state index in [0.717, 1.165) is 33.7 Å². The summed E-state index contributed by atoms with van der Waals surface area (Å²) in [6.45, 7) is 8.52. The molecule has 4 nitrogen and oxygen atoms in total. The Hall–Kier alpha value is -1.63. The largest absolute Gasteiger partial charge is 0.496 e. The monoisotopic (exact) mass is 360 g/mol. The van der Waals surface area contributed by atoms with Crippen molar-refractivity contribution in [3.63, 3.8) is 0 Å². The van der Waals surface area contributed by atoms with Crippen LogP contribution in [0, 0.1) is 0 Å². The molecule has 0 unspecified atom stereocenters. The fourth-order valence-electron chi connectivity index (χ4n) is 2.51. The van der Waals surface area contributed by atoms with E-state index >= 15 is 0 Å². The fourth-order valence-corrected chi connectivity index (χ4v) is 3.95. The quantitative estimate of drug-likeness (QED) is 0.435. The third-order valence-electron chi connectivity index (χ3n) is 3.95. The number of aromatic nitrogens is 2. The van der Waals surface area contributed by atoms with Crippen molar-refractivity contribution in [3.8, 4) is 16.9 Å². The molecule has 3 aromatic rings. The number of nitrogens with zero attached hydrogens (tertiary/aromatic N) is 2. The molecular weight excluding hydrogens is 336 g/mol. The van der Waals surface area contributed by atoms with E-state index in [1.807, 2.05) is 5.51 Å². The maximum Gasteiger partial charge on any atom is 0.128 e. The number of hydrogen-bond donors (Lipinski definition) is 0. The van der Waals surface area contributed by atoms with E-state index in [-0.39, 0.29) is 0 Å². The molecule has 0 saturated heterocycles. The van der Waals surface area contributed by atoms with E-state index in [9.17, 15) is 0 Å². The van der Waals surface area contributed by atoms with Crippen LogP contribution in [0.2, 0.25) is 25.7 Å². The molecule has 2 aromatic heterocycles. The first-order chi connectivity index (χ1) is 11.5. The molecule has 1 aromatic carbocycles. The van der Waals surface area contributed by atoms with Gasteiger partial charge in [-0.15, -0.1) is 11.3 Å². The normalized spacial score (nSPS) is 12.0. The smallest absolute Gasteiger partial charge is 0.128 e. The molecule has 128 valence electrons. The van der Waals surface area contributed by atoms with Crippen LogP contribution < -0.4 is 4.74 Å². The third kappa shape index (κ3) is 4.06. The highest BCUT2D eigenvalue weighted by molar-refractivity contribution is 7.16. The molecule has 0 spiro atoms. The van der Waals surface area contributed by atoms with Crippen molar-refractivity contribution < 1.29 is 9.47 Å². The number of hydrogen-bond acceptors (Lipinski definition) is 4. The highest BCUT2D eigenvalue weighted by Crippen LogP contribution is 2.35. The summed E-state index contributed by atoms with van der Waals surface area (Å²) in [5.74, 6) is 0.879. The van der Waals surface area contributed by atoms with Crippen LogP contribution in [-0.4, -0.2) is 31.3 Å². The molecule has 0 N–H and O–H groups in total. The zero-order valence-corrected chi connectivity index (χ0v) is 16.5. The topological polar surface area (TPSA) is 36.3 Å². The zero-order chi connectivity index (χ0) is 17.2. The molecule has 24 heavy (non-hydrogen) atoms. The minimum absolute atomic E-state index is 0.589. The van der Waals surface area contributed by atoms with Gasteiger partial charge in [0.05, 0.1) is 22.8 Å². The number of methoxy groups -OCH3 is 1. The molecule has 0 bridgehead atoms. The van der Waals surface area contributed by atoms with Gasteiger partial charge in [-0.05, 0) is 18.2 Å². The molecule has 0 aliphatic heterocycles. The molecule has 6 heteroatoms. The van der Waals surface area contributed by atoms with E-state index in [1.165, 1.54) is 6.04 Å². The summed E-state index contributed by atoms with van der Waals surface area (Å²) in [6.07, 6.45) is 4.15. The Morgan fingerprint density at radius 1 is 1.25 bits per heavy atom. The summed E-state index contributed by atoms with van der Waals surface area (Å²) < 4.78 is 14.6. The second kappa shape index (κ2) is 7.09. The molecule has 0 saturated carbocycles. The Morgan fingerprint density at radius 3 is 2.83 bits per heavy atom. The van der Waals surface area contributed by atoms with E-state index in [4.69, 9.17) is 9.47 Å². The molecule has 0 amide bonds. The van der Waals surface area contributed by atoms with E-state index in [2.05, 4.69) is 59.8 Å². The van der Waals surface area contributed by atoms with Crippen LogP contribution in [0.15, 0.2) is 36.1 Å². The van der Waals surface area contributed by atoms with Gasteiger partial charge >= 0.3 is 0 Å². The minimum Gasteiger partial charge on any atom is -0.496 e. The van der Waals surface area contributed by atoms with Crippen LogP contribution in [0.4, 0.5) is 0 Å². The zero-order valence-electron chi connectivity index (χ0n) is 14.7. The summed E-state index contributed by atoms with van der Waals surface area (Å²) in [4.78, 5) is 4.41. The Kier molecular flexibility index (Phi) is 5.08. The maximum atomic E-state index is 5.82. The van der Waals surface area contributed by atoms with Gasteiger partial charge in [0.2, 0.25) is 0 Å². The van der Waals surface area contributed by atoms with Crippen molar-refractivity contribution in [3.05, 3.63) is 36.1 Å². The predicted molar refractivity (Wildman–Crippen MR) is 104 cm³/mol. The number of thiazole rings is 1. The summed E-state index contributed by atoms with van der Waals surface area (Å²) in [5.41, 5.74) is 5.06. The standard InChI is InChI=1S/C18H24N2O2SSi/c1-21-17-10-18-16(19-12-23-18)9-15(17)14-5-6-20(11-14)13-22-7-8-24(2,3)4/h5-6,9-12H,7-8,13H2,1-4H3. The van der Waals surface area contributed by atoms with Gasteiger partial charge in [0, 0.05) is 44.3 Å². The second-order valence-electron chi connectivity index (χ2n) is 7.13. The Balaban J connectivity index is 1.73. The second-order valence-corrected chi connectivity index (χ2v) is 13.6. The molecule has 0 radical (unpaired) electrons. The first-order valence-corrected chi connectivity index (χ1v) is 12.7. The highest BCUT2D eigenvalue weighted by Gasteiger charge is 2.13. The van der Waals surface area contributed by atoms with Gasteiger partial charge in [-0.1, -0.05) is 19.6 Å². The van der Waals surface area contributed by atoms with Crippen molar-refractivity contribution in [2.45, 2.75) is 32.4 Å². The van der Waals surface area contributed by atoms with Crippen molar-refractivity contribution in [1.82, 2.24) is 9.55 Å². The van der Waals surface area contributed by atoms with Crippen LogP contribution >= 0.6 is 11.3 Å². The lowest BCUT2D eigenvalue weighted by Gasteiger charge is -2.15. The number of ether oxygens (including phenoxy) is 2. The molecule has 0 fully saturated rings. The van der Waals surface area contributed by atoms with Gasteiger partial charge < -0.3 is 14.0 Å². The summed E-state index contributed by atoms with van der Waals surface area (Å²) >= 11 is 1.63. The maximum absolute atomic E-state index is 5.82. The van der Waals surface area contributed by atoms with Crippen LogP contribution in [-0.2, 0) is 11.5 Å². The Morgan fingerprint density at radius 2 is 2.08 bits per heavy atom. The molecule has 0 aliphatic rings. The van der Waals surface area contributed by atoms with E-state index < -0.39 is 8.07 Å². The van der Waals surface area contributed by atoms with E-state index in [0.29, 0.717) is 6.73 Å². The predicted octanol–water partition coefficient (Wildman–Crippen LogP) is 5.09. The number of fused-ring (bicyclic) bond motifs is 1. The van der Waals surface area contributed by atoms with Gasteiger partial charge in [-0.25, -0.2) is 4.98 Å². The molecule has 3 rings (SSSR count). The van der Waals surface area contributed by atoms with Crippen LogP contribution in [0.3, 0.4) is 0 Å². The van der Waals surface area contributed by atoms with Gasteiger partial charge in [0.15, 0.2) is 0 Å². The van der Waals surface area contributed by atoms with Crippen molar-refractivity contribution in [2.75, 3.05) is 13.7 Å². The first kappa shape index (κ1) is 17.2. The summed E-state index contributed by atoms with van der Waals surface area (Å²) in [6, 6.07) is 7.44. The lowest BCUT2D eigenvalue weighted by molar-refractivity contribution is 0.0875. The Bertz CT molecular complexity index is 820. The van der Waals surface area contributed by atoms with Crippen LogP contribution in [0.25, 0.3) is 21.3 Å². The summed E-state index contributed by atoms with van der Waals surface area (Å²) in [5, 5.41) is 0. The number of rotatable bonds is 7. The molecule has 0 aliphatic carbocycles. The lowest BCUT2D eigenvalue weighted by Crippen LogP contribution is -2.21. The van der Waals surface area contributed by atoms with Crippen LogP contribution in [0.1, 0.15) is 0 Å². The average molecular weight is 361 g/mol. The average Bonchev–Trinajstić information content (AvgIpc) is 3.17. The highest BCUT2D eigenvalue weighted by atomic mass is 32.1. The molecular formula is C18H24N2O2SSi. The van der Waals surface area contributed by atoms with Gasteiger partial charge in [-0.2, -0.15) is 0 Å². The minimum atomic E-state index is -1.03. The lowest BCUT2D eigenvalue weighted by atomic mass is 10.1. The Labute approximate surface area is 148 Å². The van der Waals surface area contributed by atoms with Gasteiger partial charge in [0.1, 0.15) is 12.5 Å². The molecule has 2 heterocycles. The van der Waals surface area contributed by atoms with Crippen molar-refractivity contribution in [2.24, 2.45) is 0 Å². The SMILES string of the molecule is COc1cc2scnc2cc1-c1ccn(COCC[Si](C)(C)C)c1.